The summed E-state index contributed by atoms with van der Waals surface area (Å²) in [4.78, 5) is 8.86. The van der Waals surface area contributed by atoms with Crippen molar-refractivity contribution in [1.29, 1.82) is 0 Å². The summed E-state index contributed by atoms with van der Waals surface area (Å²) in [5.41, 5.74) is 6.28. The molecule has 0 bridgehead atoms. The Balaban J connectivity index is 1.47. The molecule has 0 amide bonds. The highest BCUT2D eigenvalue weighted by atomic mass is 16.5. The van der Waals surface area contributed by atoms with Gasteiger partial charge in [-0.2, -0.15) is 10.1 Å². The fourth-order valence-electron chi connectivity index (χ4n) is 3.96. The van der Waals surface area contributed by atoms with Crippen molar-refractivity contribution in [3.63, 3.8) is 0 Å². The highest BCUT2D eigenvalue weighted by Gasteiger charge is 2.20. The van der Waals surface area contributed by atoms with E-state index in [1.165, 1.54) is 11.1 Å². The molecule has 0 aliphatic carbocycles. The molecule has 33 heavy (non-hydrogen) atoms. The Morgan fingerprint density at radius 2 is 1.58 bits per heavy atom. The first-order valence-corrected chi connectivity index (χ1v) is 11.3. The van der Waals surface area contributed by atoms with Gasteiger partial charge < -0.3 is 4.52 Å². The molecular formula is C27H25N5O. The number of hydrogen-bond donors (Lipinski definition) is 0. The molecule has 6 nitrogen and oxygen atoms in total. The van der Waals surface area contributed by atoms with Crippen molar-refractivity contribution in [3.05, 3.63) is 96.4 Å². The predicted molar refractivity (Wildman–Crippen MR) is 128 cm³/mol. The molecule has 0 unspecified atom stereocenters. The van der Waals surface area contributed by atoms with Crippen molar-refractivity contribution < 1.29 is 4.52 Å². The molecule has 0 spiro atoms. The van der Waals surface area contributed by atoms with E-state index in [2.05, 4.69) is 58.6 Å². The summed E-state index contributed by atoms with van der Waals surface area (Å²) >= 11 is 0. The Bertz CT molecular complexity index is 1310. The molecule has 0 saturated carbocycles. The minimum absolute atomic E-state index is 0.459. The van der Waals surface area contributed by atoms with Crippen LogP contribution in [0.25, 0.3) is 34.1 Å². The van der Waals surface area contributed by atoms with Crippen LogP contribution >= 0.6 is 0 Å². The number of aryl methyl sites for hydroxylation is 3. The van der Waals surface area contributed by atoms with Gasteiger partial charge in [-0.15, -0.1) is 0 Å². The number of nitrogens with zero attached hydrogens (tertiary/aromatic N) is 5. The highest BCUT2D eigenvalue weighted by molar-refractivity contribution is 5.77. The van der Waals surface area contributed by atoms with Crippen molar-refractivity contribution >= 4 is 0 Å². The summed E-state index contributed by atoms with van der Waals surface area (Å²) in [5, 5.41) is 8.91. The summed E-state index contributed by atoms with van der Waals surface area (Å²) in [6.07, 6.45) is 8.43. The summed E-state index contributed by atoms with van der Waals surface area (Å²) in [6, 6.07) is 22.7. The molecule has 5 aromatic rings. The topological polar surface area (TPSA) is 69.6 Å². The fourth-order valence-corrected chi connectivity index (χ4v) is 3.96. The normalized spacial score (nSPS) is 11.1. The first-order chi connectivity index (χ1) is 16.3. The Labute approximate surface area is 192 Å². The van der Waals surface area contributed by atoms with Crippen molar-refractivity contribution in [2.24, 2.45) is 0 Å². The second-order valence-corrected chi connectivity index (χ2v) is 7.97. The van der Waals surface area contributed by atoms with Crippen molar-refractivity contribution in [2.45, 2.75) is 32.7 Å². The van der Waals surface area contributed by atoms with Gasteiger partial charge in [-0.3, -0.25) is 9.67 Å². The van der Waals surface area contributed by atoms with Gasteiger partial charge in [0.25, 0.3) is 5.89 Å². The number of pyridine rings is 1. The number of rotatable bonds is 8. The molecule has 0 saturated heterocycles. The van der Waals surface area contributed by atoms with E-state index in [9.17, 15) is 0 Å². The first kappa shape index (κ1) is 20.8. The molecular weight excluding hydrogens is 410 g/mol. The van der Waals surface area contributed by atoms with Gasteiger partial charge in [0.15, 0.2) is 0 Å². The average Bonchev–Trinajstić information content (AvgIpc) is 3.52. The minimum Gasteiger partial charge on any atom is -0.333 e. The van der Waals surface area contributed by atoms with Crippen LogP contribution in [0.4, 0.5) is 0 Å². The molecule has 5 rings (SSSR count). The van der Waals surface area contributed by atoms with Crippen LogP contribution in [0, 0.1) is 0 Å². The molecule has 0 aliphatic rings. The highest BCUT2D eigenvalue weighted by Crippen LogP contribution is 2.32. The SMILES string of the molecule is CCCc1ccc(-c2noc(-c3cnn(CCc4ccccc4)c3-c3ccncc3)n2)cc1. The molecule has 0 atom stereocenters. The van der Waals surface area contributed by atoms with Crippen LogP contribution in [0.15, 0.2) is 89.8 Å². The van der Waals surface area contributed by atoms with E-state index in [1.807, 2.05) is 41.2 Å². The maximum atomic E-state index is 5.69. The van der Waals surface area contributed by atoms with Gasteiger partial charge in [0, 0.05) is 30.1 Å². The van der Waals surface area contributed by atoms with E-state index in [-0.39, 0.29) is 0 Å². The predicted octanol–water partition coefficient (Wildman–Crippen LogP) is 5.86. The molecule has 3 aromatic heterocycles. The van der Waals surface area contributed by atoms with Crippen LogP contribution < -0.4 is 0 Å². The van der Waals surface area contributed by atoms with Gasteiger partial charge in [-0.1, -0.05) is 73.1 Å². The quantitative estimate of drug-likeness (QED) is 0.305. The molecule has 164 valence electrons. The van der Waals surface area contributed by atoms with Crippen LogP contribution in [-0.2, 0) is 19.4 Å². The molecule has 0 N–H and O–H groups in total. The van der Waals surface area contributed by atoms with E-state index in [0.29, 0.717) is 11.7 Å². The Kier molecular flexibility index (Phi) is 6.06. The van der Waals surface area contributed by atoms with Crippen molar-refractivity contribution in [1.82, 2.24) is 24.9 Å². The zero-order valence-electron chi connectivity index (χ0n) is 18.6. The average molecular weight is 436 g/mol. The summed E-state index contributed by atoms with van der Waals surface area (Å²) < 4.78 is 7.69. The molecule has 0 radical (unpaired) electrons. The maximum absolute atomic E-state index is 5.69. The lowest BCUT2D eigenvalue weighted by molar-refractivity contribution is 0.432. The van der Waals surface area contributed by atoms with Gasteiger partial charge in [0.1, 0.15) is 0 Å². The number of benzene rings is 2. The minimum atomic E-state index is 0.459. The van der Waals surface area contributed by atoms with E-state index in [4.69, 9.17) is 9.51 Å². The molecule has 3 heterocycles. The molecule has 2 aromatic carbocycles. The first-order valence-electron chi connectivity index (χ1n) is 11.3. The second-order valence-electron chi connectivity index (χ2n) is 7.97. The van der Waals surface area contributed by atoms with Crippen molar-refractivity contribution in [2.75, 3.05) is 0 Å². The summed E-state index contributed by atoms with van der Waals surface area (Å²) in [7, 11) is 0. The Hall–Kier alpha value is -4.06. The Morgan fingerprint density at radius 1 is 0.818 bits per heavy atom. The summed E-state index contributed by atoms with van der Waals surface area (Å²) in [5.74, 6) is 1.03. The second kappa shape index (κ2) is 9.61. The monoisotopic (exact) mass is 435 g/mol. The van der Waals surface area contributed by atoms with Crippen LogP contribution in [0.3, 0.4) is 0 Å². The van der Waals surface area contributed by atoms with E-state index >= 15 is 0 Å². The number of aromatic nitrogens is 5. The lowest BCUT2D eigenvalue weighted by Crippen LogP contribution is -2.05. The molecule has 6 heteroatoms. The van der Waals surface area contributed by atoms with E-state index in [0.717, 1.165) is 48.2 Å². The van der Waals surface area contributed by atoms with Gasteiger partial charge in [-0.05, 0) is 36.1 Å². The van der Waals surface area contributed by atoms with Crippen LogP contribution in [0.5, 0.6) is 0 Å². The lowest BCUT2D eigenvalue weighted by atomic mass is 10.1. The van der Waals surface area contributed by atoms with Crippen LogP contribution in [-0.4, -0.2) is 24.9 Å². The zero-order valence-corrected chi connectivity index (χ0v) is 18.6. The van der Waals surface area contributed by atoms with E-state index < -0.39 is 0 Å². The van der Waals surface area contributed by atoms with E-state index in [1.54, 1.807) is 12.4 Å². The smallest absolute Gasteiger partial charge is 0.262 e. The third-order valence-corrected chi connectivity index (χ3v) is 5.66. The molecule has 0 fully saturated rings. The van der Waals surface area contributed by atoms with Gasteiger partial charge in [0.2, 0.25) is 5.82 Å². The number of hydrogen-bond acceptors (Lipinski definition) is 5. The zero-order chi connectivity index (χ0) is 22.5. The molecule has 0 aliphatic heterocycles. The van der Waals surface area contributed by atoms with Crippen LogP contribution in [0.1, 0.15) is 24.5 Å². The third-order valence-electron chi connectivity index (χ3n) is 5.66. The Morgan fingerprint density at radius 3 is 2.33 bits per heavy atom. The third kappa shape index (κ3) is 4.60. The maximum Gasteiger partial charge on any atom is 0.262 e. The standard InChI is InChI=1S/C27H25N5O/c1-2-6-20-9-11-23(12-10-20)26-30-27(33-31-26)24-19-29-32(18-15-21-7-4-3-5-8-21)25(24)22-13-16-28-17-14-22/h3-5,7-14,16-17,19H,2,6,15,18H2,1H3. The van der Waals surface area contributed by atoms with Crippen molar-refractivity contribution in [3.8, 4) is 34.1 Å². The summed E-state index contributed by atoms with van der Waals surface area (Å²) in [6.45, 7) is 2.92. The van der Waals surface area contributed by atoms with Gasteiger partial charge >= 0.3 is 0 Å². The van der Waals surface area contributed by atoms with Gasteiger partial charge in [-0.25, -0.2) is 0 Å². The van der Waals surface area contributed by atoms with Crippen LogP contribution in [0.2, 0.25) is 0 Å². The largest absolute Gasteiger partial charge is 0.333 e. The fraction of sp³-hybridized carbons (Fsp3) is 0.185. The van der Waals surface area contributed by atoms with Gasteiger partial charge in [0.05, 0.1) is 17.5 Å². The lowest BCUT2D eigenvalue weighted by Gasteiger charge is -2.09.